The lowest BCUT2D eigenvalue weighted by atomic mass is 10.2. The largest absolute Gasteiger partial charge is 0.491 e. The van der Waals surface area contributed by atoms with E-state index >= 15 is 0 Å². The SMILES string of the molecule is C=C1CCOc2ccc(N)cc2N1C. The second kappa shape index (κ2) is 3.25. The van der Waals surface area contributed by atoms with Crippen LogP contribution in [0, 0.1) is 0 Å². The van der Waals surface area contributed by atoms with Gasteiger partial charge in [0.2, 0.25) is 0 Å². The fourth-order valence-electron chi connectivity index (χ4n) is 1.54. The molecule has 0 saturated heterocycles. The third-order valence-corrected chi connectivity index (χ3v) is 2.47. The van der Waals surface area contributed by atoms with Crippen LogP contribution in [-0.4, -0.2) is 13.7 Å². The minimum Gasteiger partial charge on any atom is -0.491 e. The summed E-state index contributed by atoms with van der Waals surface area (Å²) in [6, 6.07) is 5.66. The van der Waals surface area contributed by atoms with Gasteiger partial charge in [0.1, 0.15) is 5.75 Å². The average Bonchev–Trinajstić information content (AvgIpc) is 2.30. The quantitative estimate of drug-likeness (QED) is 0.636. The van der Waals surface area contributed by atoms with Gasteiger partial charge in [-0.25, -0.2) is 0 Å². The van der Waals surface area contributed by atoms with E-state index in [9.17, 15) is 0 Å². The molecule has 1 aromatic carbocycles. The first-order valence-corrected chi connectivity index (χ1v) is 4.62. The van der Waals surface area contributed by atoms with E-state index in [-0.39, 0.29) is 0 Å². The molecule has 14 heavy (non-hydrogen) atoms. The molecule has 0 unspecified atom stereocenters. The first-order chi connectivity index (χ1) is 6.68. The van der Waals surface area contributed by atoms with E-state index in [4.69, 9.17) is 10.5 Å². The van der Waals surface area contributed by atoms with Gasteiger partial charge in [-0.3, -0.25) is 0 Å². The maximum absolute atomic E-state index is 5.73. The summed E-state index contributed by atoms with van der Waals surface area (Å²) in [6.45, 7) is 4.67. The normalized spacial score (nSPS) is 15.8. The highest BCUT2D eigenvalue weighted by molar-refractivity contribution is 5.67. The molecule has 0 fully saturated rings. The van der Waals surface area contributed by atoms with Crippen LogP contribution in [0.4, 0.5) is 11.4 Å². The number of ether oxygens (including phenoxy) is 1. The fraction of sp³-hybridized carbons (Fsp3) is 0.273. The van der Waals surface area contributed by atoms with E-state index in [0.717, 1.165) is 29.2 Å². The van der Waals surface area contributed by atoms with Crippen LogP contribution in [0.15, 0.2) is 30.5 Å². The van der Waals surface area contributed by atoms with E-state index in [1.807, 2.05) is 30.1 Å². The Bertz CT molecular complexity index is 374. The first-order valence-electron chi connectivity index (χ1n) is 4.62. The number of fused-ring (bicyclic) bond motifs is 1. The van der Waals surface area contributed by atoms with E-state index in [1.165, 1.54) is 0 Å². The van der Waals surface area contributed by atoms with Gasteiger partial charge in [0, 0.05) is 24.9 Å². The number of anilines is 2. The smallest absolute Gasteiger partial charge is 0.143 e. The van der Waals surface area contributed by atoms with Crippen molar-refractivity contribution in [3.05, 3.63) is 30.5 Å². The molecule has 0 amide bonds. The predicted octanol–water partition coefficient (Wildman–Crippen LogP) is 2.00. The topological polar surface area (TPSA) is 38.5 Å². The molecule has 74 valence electrons. The zero-order valence-electron chi connectivity index (χ0n) is 8.29. The highest BCUT2D eigenvalue weighted by atomic mass is 16.5. The molecule has 0 bridgehead atoms. The second-order valence-corrected chi connectivity index (χ2v) is 3.45. The van der Waals surface area contributed by atoms with Gasteiger partial charge in [0.15, 0.2) is 0 Å². The summed E-state index contributed by atoms with van der Waals surface area (Å²) >= 11 is 0. The molecule has 1 aromatic rings. The average molecular weight is 190 g/mol. The van der Waals surface area contributed by atoms with E-state index < -0.39 is 0 Å². The zero-order valence-corrected chi connectivity index (χ0v) is 8.29. The van der Waals surface area contributed by atoms with Gasteiger partial charge in [-0.2, -0.15) is 0 Å². The molecule has 0 saturated carbocycles. The zero-order chi connectivity index (χ0) is 10.1. The van der Waals surface area contributed by atoms with Gasteiger partial charge >= 0.3 is 0 Å². The maximum Gasteiger partial charge on any atom is 0.143 e. The number of benzene rings is 1. The molecule has 2 N–H and O–H groups in total. The molecule has 1 aliphatic heterocycles. The van der Waals surface area contributed by atoms with Crippen molar-refractivity contribution < 1.29 is 4.74 Å². The van der Waals surface area contributed by atoms with Crippen LogP contribution in [0.5, 0.6) is 5.75 Å². The summed E-state index contributed by atoms with van der Waals surface area (Å²) in [7, 11) is 1.98. The van der Waals surface area contributed by atoms with Crippen molar-refractivity contribution in [1.82, 2.24) is 0 Å². The van der Waals surface area contributed by atoms with Gasteiger partial charge in [-0.15, -0.1) is 0 Å². The highest BCUT2D eigenvalue weighted by Crippen LogP contribution is 2.34. The summed E-state index contributed by atoms with van der Waals surface area (Å²) in [5, 5.41) is 0. The molecule has 0 spiro atoms. The molecule has 0 radical (unpaired) electrons. The van der Waals surface area contributed by atoms with Crippen LogP contribution in [0.1, 0.15) is 6.42 Å². The van der Waals surface area contributed by atoms with Crippen molar-refractivity contribution in [2.24, 2.45) is 0 Å². The van der Waals surface area contributed by atoms with Crippen molar-refractivity contribution in [2.45, 2.75) is 6.42 Å². The van der Waals surface area contributed by atoms with Gasteiger partial charge in [0.25, 0.3) is 0 Å². The lowest BCUT2D eigenvalue weighted by molar-refractivity contribution is 0.328. The fourth-order valence-corrected chi connectivity index (χ4v) is 1.54. The molecular weight excluding hydrogens is 176 g/mol. The summed E-state index contributed by atoms with van der Waals surface area (Å²) in [4.78, 5) is 2.03. The van der Waals surface area contributed by atoms with Gasteiger partial charge < -0.3 is 15.4 Å². The van der Waals surface area contributed by atoms with E-state index in [2.05, 4.69) is 6.58 Å². The number of rotatable bonds is 0. The second-order valence-electron chi connectivity index (χ2n) is 3.45. The molecule has 1 heterocycles. The number of hydrogen-bond donors (Lipinski definition) is 1. The Morgan fingerprint density at radius 3 is 3.07 bits per heavy atom. The van der Waals surface area contributed by atoms with Crippen LogP contribution in [0.25, 0.3) is 0 Å². The predicted molar refractivity (Wildman–Crippen MR) is 58.5 cm³/mol. The highest BCUT2D eigenvalue weighted by Gasteiger charge is 2.15. The Kier molecular flexibility index (Phi) is 2.08. The van der Waals surface area contributed by atoms with E-state index in [0.29, 0.717) is 6.61 Å². The Morgan fingerprint density at radius 2 is 2.29 bits per heavy atom. The minimum atomic E-state index is 0.681. The van der Waals surface area contributed by atoms with Gasteiger partial charge in [-0.05, 0) is 18.2 Å². The van der Waals surface area contributed by atoms with Crippen LogP contribution in [0.2, 0.25) is 0 Å². The number of nitrogen functional groups attached to an aromatic ring is 1. The molecule has 0 aliphatic carbocycles. The van der Waals surface area contributed by atoms with Crippen molar-refractivity contribution in [2.75, 3.05) is 24.3 Å². The van der Waals surface area contributed by atoms with Gasteiger partial charge in [-0.1, -0.05) is 6.58 Å². The number of nitrogens with two attached hydrogens (primary N) is 1. The standard InChI is InChI=1S/C11H14N2O/c1-8-5-6-14-11-4-3-9(12)7-10(11)13(8)2/h3-4,7H,1,5-6,12H2,2H3. The van der Waals surface area contributed by atoms with Crippen LogP contribution in [0.3, 0.4) is 0 Å². The maximum atomic E-state index is 5.73. The monoisotopic (exact) mass is 190 g/mol. The third-order valence-electron chi connectivity index (χ3n) is 2.47. The lowest BCUT2D eigenvalue weighted by Crippen LogP contribution is -2.14. The summed E-state index contributed by atoms with van der Waals surface area (Å²) in [5.41, 5.74) is 8.52. The Morgan fingerprint density at radius 1 is 1.50 bits per heavy atom. The molecule has 2 rings (SSSR count). The Labute approximate surface area is 83.8 Å². The number of nitrogens with zero attached hydrogens (tertiary/aromatic N) is 1. The molecule has 0 atom stereocenters. The molecular formula is C11H14N2O. The lowest BCUT2D eigenvalue weighted by Gasteiger charge is -2.19. The Hall–Kier alpha value is -1.64. The van der Waals surface area contributed by atoms with Crippen molar-refractivity contribution in [3.63, 3.8) is 0 Å². The molecule has 3 heteroatoms. The van der Waals surface area contributed by atoms with Gasteiger partial charge in [0.05, 0.1) is 12.3 Å². The number of hydrogen-bond acceptors (Lipinski definition) is 3. The summed E-state index contributed by atoms with van der Waals surface area (Å²) < 4.78 is 5.59. The summed E-state index contributed by atoms with van der Waals surface area (Å²) in [5.74, 6) is 0.875. The van der Waals surface area contributed by atoms with Crippen molar-refractivity contribution >= 4 is 11.4 Å². The third kappa shape index (κ3) is 1.41. The van der Waals surface area contributed by atoms with Crippen molar-refractivity contribution in [3.8, 4) is 5.75 Å². The van der Waals surface area contributed by atoms with Crippen LogP contribution < -0.4 is 15.4 Å². The first kappa shape index (κ1) is 8.94. The molecule has 0 aromatic heterocycles. The summed E-state index contributed by atoms with van der Waals surface area (Å²) in [6.07, 6.45) is 0.852. The van der Waals surface area contributed by atoms with E-state index in [1.54, 1.807) is 0 Å². The van der Waals surface area contributed by atoms with Crippen LogP contribution in [-0.2, 0) is 0 Å². The molecule has 1 aliphatic rings. The molecule has 3 nitrogen and oxygen atoms in total. The van der Waals surface area contributed by atoms with Crippen molar-refractivity contribution in [1.29, 1.82) is 0 Å². The minimum absolute atomic E-state index is 0.681. The Balaban J connectivity index is 2.49. The van der Waals surface area contributed by atoms with Crippen LogP contribution >= 0.6 is 0 Å².